The molecular weight excluding hydrogens is 370 g/mol. The number of nitrogens with zero attached hydrogens (tertiary/aromatic N) is 4. The van der Waals surface area contributed by atoms with Crippen molar-refractivity contribution in [2.75, 3.05) is 11.9 Å². The lowest BCUT2D eigenvalue weighted by atomic mass is 10.2. The van der Waals surface area contributed by atoms with Gasteiger partial charge in [-0.2, -0.15) is 9.97 Å². The number of aryl methyl sites for hydroxylation is 2. The first-order valence-electron chi connectivity index (χ1n) is 8.25. The Bertz CT molecular complexity index is 885. The predicted molar refractivity (Wildman–Crippen MR) is 104 cm³/mol. The molecule has 0 aliphatic heterocycles. The molecule has 0 aromatic carbocycles. The van der Waals surface area contributed by atoms with Crippen LogP contribution >= 0.6 is 22.9 Å². The van der Waals surface area contributed by atoms with Gasteiger partial charge in [-0.3, -0.25) is 4.98 Å². The molecule has 26 heavy (non-hydrogen) atoms. The molecule has 3 aromatic rings. The van der Waals surface area contributed by atoms with Gasteiger partial charge < -0.3 is 10.1 Å². The second-order valence-corrected chi connectivity index (χ2v) is 7.47. The molecule has 0 bridgehead atoms. The van der Waals surface area contributed by atoms with Crippen LogP contribution in [0.15, 0.2) is 24.5 Å². The Balaban J connectivity index is 1.65. The van der Waals surface area contributed by atoms with Gasteiger partial charge in [0, 0.05) is 29.3 Å². The number of ether oxygens (including phenoxy) is 1. The largest absolute Gasteiger partial charge is 0.463 e. The van der Waals surface area contributed by atoms with Crippen LogP contribution in [0.4, 0.5) is 5.82 Å². The van der Waals surface area contributed by atoms with Gasteiger partial charge in [-0.1, -0.05) is 17.7 Å². The number of rotatable bonds is 7. The maximum absolute atomic E-state index is 6.24. The number of hydrogen-bond donors (Lipinski definition) is 1. The molecule has 0 radical (unpaired) electrons. The van der Waals surface area contributed by atoms with E-state index in [0.717, 1.165) is 28.2 Å². The fourth-order valence-electron chi connectivity index (χ4n) is 2.41. The van der Waals surface area contributed by atoms with Gasteiger partial charge >= 0.3 is 6.01 Å². The average molecular weight is 390 g/mol. The number of halogens is 1. The Hall–Kier alpha value is -2.25. The first kappa shape index (κ1) is 18.5. The molecule has 0 aliphatic carbocycles. The first-order chi connectivity index (χ1) is 12.5. The summed E-state index contributed by atoms with van der Waals surface area (Å²) in [6.07, 6.45) is 4.29. The maximum Gasteiger partial charge on any atom is 0.319 e. The van der Waals surface area contributed by atoms with Crippen molar-refractivity contribution in [2.24, 2.45) is 0 Å². The SMILES string of the molecule is Cc1nc(C)c(CNc2nc(OCCc3cccnc3)nc(Cl)c2C)s1. The van der Waals surface area contributed by atoms with Gasteiger partial charge in [0.1, 0.15) is 11.0 Å². The molecule has 3 rings (SSSR count). The van der Waals surface area contributed by atoms with Gasteiger partial charge in [-0.15, -0.1) is 11.3 Å². The second kappa shape index (κ2) is 8.42. The van der Waals surface area contributed by atoms with Crippen molar-refractivity contribution in [1.82, 2.24) is 19.9 Å². The monoisotopic (exact) mass is 389 g/mol. The van der Waals surface area contributed by atoms with Crippen molar-refractivity contribution in [1.29, 1.82) is 0 Å². The Morgan fingerprint density at radius 1 is 1.19 bits per heavy atom. The summed E-state index contributed by atoms with van der Waals surface area (Å²) in [5.41, 5.74) is 2.93. The minimum atomic E-state index is 0.268. The summed E-state index contributed by atoms with van der Waals surface area (Å²) in [6, 6.07) is 4.18. The fourth-order valence-corrected chi connectivity index (χ4v) is 3.45. The van der Waals surface area contributed by atoms with Crippen LogP contribution in [0.5, 0.6) is 6.01 Å². The van der Waals surface area contributed by atoms with E-state index in [0.29, 0.717) is 24.1 Å². The summed E-state index contributed by atoms with van der Waals surface area (Å²) in [7, 11) is 0. The van der Waals surface area contributed by atoms with E-state index in [4.69, 9.17) is 16.3 Å². The van der Waals surface area contributed by atoms with Gasteiger partial charge in [0.2, 0.25) is 0 Å². The van der Waals surface area contributed by atoms with E-state index < -0.39 is 0 Å². The van der Waals surface area contributed by atoms with Crippen LogP contribution in [0, 0.1) is 20.8 Å². The number of hydrogen-bond acceptors (Lipinski definition) is 7. The van der Waals surface area contributed by atoms with Gasteiger partial charge in [-0.05, 0) is 32.4 Å². The lowest BCUT2D eigenvalue weighted by Gasteiger charge is -2.11. The van der Waals surface area contributed by atoms with Crippen molar-refractivity contribution in [3.05, 3.63) is 56.4 Å². The minimum Gasteiger partial charge on any atom is -0.463 e. The van der Waals surface area contributed by atoms with E-state index in [1.54, 1.807) is 17.5 Å². The Kier molecular flexibility index (Phi) is 6.00. The van der Waals surface area contributed by atoms with Crippen LogP contribution in [0.1, 0.15) is 26.7 Å². The zero-order valence-corrected chi connectivity index (χ0v) is 16.5. The highest BCUT2D eigenvalue weighted by molar-refractivity contribution is 7.11. The van der Waals surface area contributed by atoms with E-state index in [9.17, 15) is 0 Å². The molecule has 0 aliphatic rings. The second-order valence-electron chi connectivity index (χ2n) is 5.83. The molecule has 0 spiro atoms. The molecule has 0 atom stereocenters. The van der Waals surface area contributed by atoms with Crippen LogP contribution in [-0.4, -0.2) is 26.5 Å². The molecular formula is C18H20ClN5OS. The highest BCUT2D eigenvalue weighted by Gasteiger charge is 2.12. The van der Waals surface area contributed by atoms with Crippen molar-refractivity contribution >= 4 is 28.8 Å². The van der Waals surface area contributed by atoms with E-state index in [1.807, 2.05) is 39.1 Å². The molecule has 3 aromatic heterocycles. The number of anilines is 1. The summed E-state index contributed by atoms with van der Waals surface area (Å²) >= 11 is 7.91. The van der Waals surface area contributed by atoms with Crippen LogP contribution in [-0.2, 0) is 13.0 Å². The van der Waals surface area contributed by atoms with E-state index in [2.05, 4.69) is 25.3 Å². The fraction of sp³-hybridized carbons (Fsp3) is 0.333. The third-order valence-corrected chi connectivity index (χ3v) is 5.27. The molecule has 1 N–H and O–H groups in total. The molecule has 8 heteroatoms. The molecule has 0 saturated carbocycles. The highest BCUT2D eigenvalue weighted by Crippen LogP contribution is 2.25. The molecule has 0 amide bonds. The summed E-state index contributed by atoms with van der Waals surface area (Å²) in [5.74, 6) is 0.673. The molecule has 6 nitrogen and oxygen atoms in total. The van der Waals surface area contributed by atoms with Crippen molar-refractivity contribution < 1.29 is 4.74 Å². The molecule has 136 valence electrons. The van der Waals surface area contributed by atoms with Crippen molar-refractivity contribution in [3.63, 3.8) is 0 Å². The standard InChI is InChI=1S/C18H20ClN5OS/c1-11-16(19)23-18(25-8-6-14-5-4-7-20-9-14)24-17(11)21-10-15-12(2)22-13(3)26-15/h4-5,7,9H,6,8,10H2,1-3H3,(H,21,23,24). The Labute approximate surface area is 161 Å². The summed E-state index contributed by atoms with van der Waals surface area (Å²) in [5, 5.41) is 4.75. The van der Waals surface area contributed by atoms with Crippen LogP contribution in [0.25, 0.3) is 0 Å². The van der Waals surface area contributed by atoms with Gasteiger partial charge in [0.25, 0.3) is 0 Å². The average Bonchev–Trinajstić information content (AvgIpc) is 2.95. The van der Waals surface area contributed by atoms with Crippen LogP contribution in [0.3, 0.4) is 0 Å². The third-order valence-electron chi connectivity index (χ3n) is 3.83. The topological polar surface area (TPSA) is 72.8 Å². The van der Waals surface area contributed by atoms with Gasteiger partial charge in [-0.25, -0.2) is 4.98 Å². The minimum absolute atomic E-state index is 0.268. The van der Waals surface area contributed by atoms with Crippen LogP contribution in [0.2, 0.25) is 5.15 Å². The molecule has 0 unspecified atom stereocenters. The van der Waals surface area contributed by atoms with E-state index in [1.165, 1.54) is 4.88 Å². The lowest BCUT2D eigenvalue weighted by Crippen LogP contribution is -2.09. The summed E-state index contributed by atoms with van der Waals surface area (Å²) in [4.78, 5) is 18.4. The van der Waals surface area contributed by atoms with E-state index >= 15 is 0 Å². The normalized spacial score (nSPS) is 10.8. The lowest BCUT2D eigenvalue weighted by molar-refractivity contribution is 0.296. The Morgan fingerprint density at radius 3 is 2.73 bits per heavy atom. The smallest absolute Gasteiger partial charge is 0.319 e. The van der Waals surface area contributed by atoms with Crippen molar-refractivity contribution in [3.8, 4) is 6.01 Å². The molecule has 0 fully saturated rings. The number of thiazole rings is 1. The number of aromatic nitrogens is 4. The maximum atomic E-state index is 6.24. The van der Waals surface area contributed by atoms with E-state index in [-0.39, 0.29) is 6.01 Å². The quantitative estimate of drug-likeness (QED) is 0.612. The van der Waals surface area contributed by atoms with Gasteiger partial charge in [0.15, 0.2) is 0 Å². The Morgan fingerprint density at radius 2 is 2.04 bits per heavy atom. The third kappa shape index (κ3) is 4.68. The highest BCUT2D eigenvalue weighted by atomic mass is 35.5. The first-order valence-corrected chi connectivity index (χ1v) is 9.45. The number of nitrogens with one attached hydrogen (secondary N) is 1. The van der Waals surface area contributed by atoms with Gasteiger partial charge in [0.05, 0.1) is 23.9 Å². The zero-order valence-electron chi connectivity index (χ0n) is 14.9. The summed E-state index contributed by atoms with van der Waals surface area (Å²) in [6.45, 7) is 6.99. The molecule has 0 saturated heterocycles. The summed E-state index contributed by atoms with van der Waals surface area (Å²) < 4.78 is 5.68. The van der Waals surface area contributed by atoms with Crippen LogP contribution < -0.4 is 10.1 Å². The number of pyridine rings is 1. The van der Waals surface area contributed by atoms with Crippen molar-refractivity contribution in [2.45, 2.75) is 33.7 Å². The predicted octanol–water partition coefficient (Wildman–Crippen LogP) is 4.14. The zero-order chi connectivity index (χ0) is 18.5. The molecule has 3 heterocycles.